The molecule has 1 aromatic carbocycles. The van der Waals surface area contributed by atoms with Crippen molar-refractivity contribution >= 4 is 11.8 Å². The predicted molar refractivity (Wildman–Crippen MR) is 110 cm³/mol. The summed E-state index contributed by atoms with van der Waals surface area (Å²) in [5.74, 6) is 1.47. The van der Waals surface area contributed by atoms with Crippen LogP contribution >= 0.6 is 0 Å². The number of hydrogen-bond acceptors (Lipinski definition) is 4. The summed E-state index contributed by atoms with van der Waals surface area (Å²) in [5.41, 5.74) is 3.35. The molecule has 29 heavy (non-hydrogen) atoms. The Morgan fingerprint density at radius 2 is 1.62 bits per heavy atom. The van der Waals surface area contributed by atoms with Crippen LogP contribution < -0.4 is 0 Å². The summed E-state index contributed by atoms with van der Waals surface area (Å²) < 4.78 is 5.89. The molecule has 0 saturated carbocycles. The Labute approximate surface area is 171 Å². The van der Waals surface area contributed by atoms with Crippen LogP contribution in [0.4, 0.5) is 0 Å². The normalized spacial score (nSPS) is 17.8. The van der Waals surface area contributed by atoms with E-state index >= 15 is 0 Å². The standard InChI is InChI=1S/C23H29N3O3/c1-15-6-7-16(2)19(14-15)22(27)26-12-8-18(9-13-26)21-24-20(17(3)29-21)23(28)25-10-4-5-11-25/h6-7,14,18H,4-5,8-13H2,1-3H3. The second kappa shape index (κ2) is 8.01. The average Bonchev–Trinajstić information content (AvgIpc) is 3.39. The molecule has 6 nitrogen and oxygen atoms in total. The molecule has 2 aliphatic heterocycles. The highest BCUT2D eigenvalue weighted by atomic mass is 16.4. The fourth-order valence-electron chi connectivity index (χ4n) is 4.33. The monoisotopic (exact) mass is 395 g/mol. The molecule has 2 amide bonds. The predicted octanol–water partition coefficient (Wildman–Crippen LogP) is 3.86. The first kappa shape index (κ1) is 19.7. The van der Waals surface area contributed by atoms with Gasteiger partial charge in [-0.15, -0.1) is 0 Å². The van der Waals surface area contributed by atoms with Gasteiger partial charge in [0.25, 0.3) is 11.8 Å². The molecule has 2 aromatic rings. The summed E-state index contributed by atoms with van der Waals surface area (Å²) in [6.45, 7) is 8.77. The lowest BCUT2D eigenvalue weighted by Crippen LogP contribution is -2.38. The topological polar surface area (TPSA) is 66.7 Å². The summed E-state index contributed by atoms with van der Waals surface area (Å²) in [5, 5.41) is 0. The van der Waals surface area contributed by atoms with Crippen LogP contribution in [0.25, 0.3) is 0 Å². The van der Waals surface area contributed by atoms with Crippen molar-refractivity contribution in [3.63, 3.8) is 0 Å². The highest BCUT2D eigenvalue weighted by Gasteiger charge is 2.31. The molecule has 1 aromatic heterocycles. The van der Waals surface area contributed by atoms with E-state index in [0.29, 0.717) is 30.4 Å². The van der Waals surface area contributed by atoms with Crippen molar-refractivity contribution in [2.45, 2.75) is 52.4 Å². The van der Waals surface area contributed by atoms with Gasteiger partial charge in [0.2, 0.25) is 0 Å². The van der Waals surface area contributed by atoms with Crippen LogP contribution in [-0.2, 0) is 0 Å². The molecule has 2 fully saturated rings. The van der Waals surface area contributed by atoms with E-state index in [-0.39, 0.29) is 17.7 Å². The molecule has 6 heteroatoms. The first-order valence-electron chi connectivity index (χ1n) is 10.6. The molecule has 0 atom stereocenters. The van der Waals surface area contributed by atoms with Crippen molar-refractivity contribution in [2.75, 3.05) is 26.2 Å². The van der Waals surface area contributed by atoms with Crippen LogP contribution in [0.15, 0.2) is 22.6 Å². The second-order valence-corrected chi connectivity index (χ2v) is 8.34. The Morgan fingerprint density at radius 3 is 2.31 bits per heavy atom. The Bertz CT molecular complexity index is 919. The SMILES string of the molecule is Cc1ccc(C)c(C(=O)N2CCC(c3nc(C(=O)N4CCCC4)c(C)o3)CC2)c1. The number of amides is 2. The van der Waals surface area contributed by atoms with Gasteiger partial charge in [-0.05, 0) is 58.1 Å². The Hall–Kier alpha value is -2.63. The zero-order valence-corrected chi connectivity index (χ0v) is 17.5. The molecular weight excluding hydrogens is 366 g/mol. The van der Waals surface area contributed by atoms with Crippen LogP contribution in [0.5, 0.6) is 0 Å². The van der Waals surface area contributed by atoms with Crippen LogP contribution in [-0.4, -0.2) is 52.8 Å². The molecule has 0 aliphatic carbocycles. The molecule has 0 radical (unpaired) electrons. The van der Waals surface area contributed by atoms with Gasteiger partial charge in [-0.3, -0.25) is 9.59 Å². The van der Waals surface area contributed by atoms with Crippen molar-refractivity contribution in [1.29, 1.82) is 0 Å². The van der Waals surface area contributed by atoms with Crippen molar-refractivity contribution in [3.8, 4) is 0 Å². The van der Waals surface area contributed by atoms with Crippen LogP contribution in [0.1, 0.15) is 75.2 Å². The summed E-state index contributed by atoms with van der Waals surface area (Å²) in [7, 11) is 0. The van der Waals surface area contributed by atoms with Gasteiger partial charge in [-0.25, -0.2) is 4.98 Å². The number of piperidine rings is 1. The molecule has 154 valence electrons. The van der Waals surface area contributed by atoms with Gasteiger partial charge >= 0.3 is 0 Å². The smallest absolute Gasteiger partial charge is 0.276 e. The van der Waals surface area contributed by atoms with Gasteiger partial charge < -0.3 is 14.2 Å². The quantitative estimate of drug-likeness (QED) is 0.792. The molecule has 0 unspecified atom stereocenters. The van der Waals surface area contributed by atoms with Gasteiger partial charge in [-0.2, -0.15) is 0 Å². The van der Waals surface area contributed by atoms with E-state index in [2.05, 4.69) is 4.98 Å². The summed E-state index contributed by atoms with van der Waals surface area (Å²) in [6, 6.07) is 6.01. The third kappa shape index (κ3) is 3.93. The number of benzene rings is 1. The first-order valence-corrected chi connectivity index (χ1v) is 10.6. The van der Waals surface area contributed by atoms with Gasteiger partial charge in [0.1, 0.15) is 5.76 Å². The third-order valence-corrected chi connectivity index (χ3v) is 6.16. The average molecular weight is 396 g/mol. The van der Waals surface area contributed by atoms with Crippen molar-refractivity contribution < 1.29 is 14.0 Å². The number of rotatable bonds is 3. The van der Waals surface area contributed by atoms with E-state index in [1.807, 2.05) is 48.8 Å². The molecule has 2 saturated heterocycles. The van der Waals surface area contributed by atoms with Gasteiger partial charge in [0.15, 0.2) is 11.6 Å². The minimum atomic E-state index is -0.0162. The third-order valence-electron chi connectivity index (χ3n) is 6.16. The number of nitrogens with zero attached hydrogens (tertiary/aromatic N) is 3. The maximum absolute atomic E-state index is 12.9. The van der Waals surface area contributed by atoms with E-state index in [1.54, 1.807) is 0 Å². The molecule has 0 N–H and O–H groups in total. The van der Waals surface area contributed by atoms with Gasteiger partial charge in [-0.1, -0.05) is 17.7 Å². The number of carbonyl (C=O) groups excluding carboxylic acids is 2. The highest BCUT2D eigenvalue weighted by Crippen LogP contribution is 2.30. The molecule has 0 bridgehead atoms. The van der Waals surface area contributed by atoms with Crippen molar-refractivity contribution in [3.05, 3.63) is 52.2 Å². The molecule has 3 heterocycles. The van der Waals surface area contributed by atoms with Gasteiger partial charge in [0.05, 0.1) is 0 Å². The van der Waals surface area contributed by atoms with E-state index in [4.69, 9.17) is 4.42 Å². The Morgan fingerprint density at radius 1 is 0.966 bits per heavy atom. The fourth-order valence-corrected chi connectivity index (χ4v) is 4.33. The van der Waals surface area contributed by atoms with E-state index in [9.17, 15) is 9.59 Å². The molecule has 4 rings (SSSR count). The maximum atomic E-state index is 12.9. The lowest BCUT2D eigenvalue weighted by atomic mass is 9.95. The first-order chi connectivity index (χ1) is 13.9. The van der Waals surface area contributed by atoms with Crippen LogP contribution in [0.3, 0.4) is 0 Å². The van der Waals surface area contributed by atoms with Crippen LogP contribution in [0, 0.1) is 20.8 Å². The number of oxazole rings is 1. The minimum Gasteiger partial charge on any atom is -0.445 e. The lowest BCUT2D eigenvalue weighted by Gasteiger charge is -2.31. The van der Waals surface area contributed by atoms with E-state index in [0.717, 1.165) is 55.5 Å². The molecule has 0 spiro atoms. The number of hydrogen-bond donors (Lipinski definition) is 0. The van der Waals surface area contributed by atoms with Crippen molar-refractivity contribution in [2.24, 2.45) is 0 Å². The number of aryl methyl sites for hydroxylation is 3. The minimum absolute atomic E-state index is 0.0162. The van der Waals surface area contributed by atoms with Gasteiger partial charge in [0, 0.05) is 37.7 Å². The van der Waals surface area contributed by atoms with E-state index < -0.39 is 0 Å². The van der Waals surface area contributed by atoms with Crippen LogP contribution in [0.2, 0.25) is 0 Å². The Balaban J connectivity index is 1.42. The second-order valence-electron chi connectivity index (χ2n) is 8.34. The number of likely N-dealkylation sites (tertiary alicyclic amines) is 2. The zero-order chi connectivity index (χ0) is 20.5. The molecular formula is C23H29N3O3. The Kier molecular flexibility index (Phi) is 5.43. The number of aromatic nitrogens is 1. The number of carbonyl (C=O) groups is 2. The lowest BCUT2D eigenvalue weighted by molar-refractivity contribution is 0.0705. The zero-order valence-electron chi connectivity index (χ0n) is 17.5. The van der Waals surface area contributed by atoms with E-state index in [1.165, 1.54) is 0 Å². The highest BCUT2D eigenvalue weighted by molar-refractivity contribution is 5.96. The summed E-state index contributed by atoms with van der Waals surface area (Å²) >= 11 is 0. The summed E-state index contributed by atoms with van der Waals surface area (Å²) in [6.07, 6.45) is 3.71. The maximum Gasteiger partial charge on any atom is 0.276 e. The largest absolute Gasteiger partial charge is 0.445 e. The fraction of sp³-hybridized carbons (Fsp3) is 0.522. The van der Waals surface area contributed by atoms with Crippen molar-refractivity contribution in [1.82, 2.24) is 14.8 Å². The summed E-state index contributed by atoms with van der Waals surface area (Å²) in [4.78, 5) is 34.0. The molecule has 2 aliphatic rings.